The second-order valence-corrected chi connectivity index (χ2v) is 12.1. The summed E-state index contributed by atoms with van der Waals surface area (Å²) in [5.74, 6) is 1.68. The number of benzene rings is 5. The molecule has 0 saturated carbocycles. The first-order valence-corrected chi connectivity index (χ1v) is 16.6. The van der Waals surface area contributed by atoms with Crippen LogP contribution in [0.5, 0.6) is 11.5 Å². The van der Waals surface area contributed by atoms with Crippen LogP contribution in [0.4, 0.5) is 0 Å². The standard InChI is InChI=1S/C42H46N4O2/c1-3-6-31(2)38-15-19-40(20-16-38)47-29-36-9-4-7-34(23-36)27-45-25-32-11-13-33(14-12-32)26-46-28-35-8-5-10-37(24-35)30-48-41-21-17-39(18-22-41)42(43)44/h4-5,7-24,45-46H,2-3,6,25-30H2,1H3,(H3,43,44). The van der Waals surface area contributed by atoms with E-state index in [9.17, 15) is 0 Å². The van der Waals surface area contributed by atoms with Crippen molar-refractivity contribution >= 4 is 11.4 Å². The molecule has 6 nitrogen and oxygen atoms in total. The normalized spacial score (nSPS) is 10.9. The van der Waals surface area contributed by atoms with E-state index in [1.54, 1.807) is 12.1 Å². The first-order chi connectivity index (χ1) is 23.4. The minimum Gasteiger partial charge on any atom is -0.489 e. The number of ether oxygens (including phenoxy) is 2. The van der Waals surface area contributed by atoms with E-state index < -0.39 is 0 Å². The van der Waals surface area contributed by atoms with Gasteiger partial charge >= 0.3 is 0 Å². The van der Waals surface area contributed by atoms with Crippen LogP contribution in [0.15, 0.2) is 128 Å². The minimum absolute atomic E-state index is 0.0537. The lowest BCUT2D eigenvalue weighted by atomic mass is 10.0. The van der Waals surface area contributed by atoms with Crippen LogP contribution in [-0.2, 0) is 39.4 Å². The maximum absolute atomic E-state index is 7.51. The van der Waals surface area contributed by atoms with Crippen molar-refractivity contribution in [3.8, 4) is 11.5 Å². The lowest BCUT2D eigenvalue weighted by Gasteiger charge is -2.11. The van der Waals surface area contributed by atoms with Crippen LogP contribution in [0.2, 0.25) is 0 Å². The van der Waals surface area contributed by atoms with Crippen molar-refractivity contribution in [2.24, 2.45) is 5.73 Å². The van der Waals surface area contributed by atoms with Gasteiger partial charge in [0.2, 0.25) is 0 Å². The molecule has 0 atom stereocenters. The minimum atomic E-state index is 0.0537. The molecular weight excluding hydrogens is 592 g/mol. The highest BCUT2D eigenvalue weighted by Gasteiger charge is 2.04. The predicted molar refractivity (Wildman–Crippen MR) is 197 cm³/mol. The van der Waals surface area contributed by atoms with Crippen molar-refractivity contribution in [1.29, 1.82) is 5.41 Å². The smallest absolute Gasteiger partial charge is 0.122 e. The van der Waals surface area contributed by atoms with E-state index in [1.165, 1.54) is 33.4 Å². The quantitative estimate of drug-likeness (QED) is 0.0571. The second kappa shape index (κ2) is 17.7. The molecule has 0 aliphatic heterocycles. The largest absolute Gasteiger partial charge is 0.489 e. The Bertz CT molecular complexity index is 1760. The fourth-order valence-electron chi connectivity index (χ4n) is 5.43. The zero-order chi connectivity index (χ0) is 33.6. The molecule has 0 unspecified atom stereocenters. The number of nitrogens with one attached hydrogen (secondary N) is 3. The Labute approximate surface area is 285 Å². The Morgan fingerprint density at radius 2 is 1.00 bits per heavy atom. The number of nitrogens with two attached hydrogens (primary N) is 1. The molecule has 0 aliphatic carbocycles. The topological polar surface area (TPSA) is 92.4 Å². The van der Waals surface area contributed by atoms with E-state index in [1.807, 2.05) is 24.3 Å². The lowest BCUT2D eigenvalue weighted by molar-refractivity contribution is 0.306. The van der Waals surface area contributed by atoms with E-state index in [-0.39, 0.29) is 5.84 Å². The fourth-order valence-corrected chi connectivity index (χ4v) is 5.43. The van der Waals surface area contributed by atoms with Crippen molar-refractivity contribution < 1.29 is 9.47 Å². The summed E-state index contributed by atoms with van der Waals surface area (Å²) < 4.78 is 12.0. The van der Waals surface area contributed by atoms with E-state index >= 15 is 0 Å². The molecule has 0 saturated heterocycles. The van der Waals surface area contributed by atoms with Crippen molar-refractivity contribution in [2.45, 2.75) is 59.2 Å². The number of hydrogen-bond acceptors (Lipinski definition) is 5. The van der Waals surface area contributed by atoms with Gasteiger partial charge in [0, 0.05) is 31.7 Å². The van der Waals surface area contributed by atoms with Gasteiger partial charge in [-0.2, -0.15) is 0 Å². The summed E-state index contributed by atoms with van der Waals surface area (Å²) in [4.78, 5) is 0. The zero-order valence-electron chi connectivity index (χ0n) is 27.8. The average molecular weight is 639 g/mol. The molecular formula is C42H46N4O2. The van der Waals surface area contributed by atoms with Crippen LogP contribution in [0.25, 0.3) is 5.57 Å². The summed E-state index contributed by atoms with van der Waals surface area (Å²) in [5.41, 5.74) is 15.8. The van der Waals surface area contributed by atoms with Gasteiger partial charge in [0.1, 0.15) is 30.5 Å². The average Bonchev–Trinajstić information content (AvgIpc) is 3.11. The Hall–Kier alpha value is -5.17. The summed E-state index contributed by atoms with van der Waals surface area (Å²) in [6, 6.07) is 41.3. The lowest BCUT2D eigenvalue weighted by Crippen LogP contribution is -2.14. The molecule has 0 aliphatic rings. The highest BCUT2D eigenvalue weighted by molar-refractivity contribution is 5.94. The molecule has 0 bridgehead atoms. The summed E-state index contributed by atoms with van der Waals surface area (Å²) in [5, 5.41) is 14.6. The Kier molecular flexibility index (Phi) is 12.6. The molecule has 246 valence electrons. The number of amidine groups is 1. The van der Waals surface area contributed by atoms with Crippen LogP contribution in [0.1, 0.15) is 64.3 Å². The summed E-state index contributed by atoms with van der Waals surface area (Å²) >= 11 is 0. The number of rotatable bonds is 18. The Morgan fingerprint density at radius 1 is 0.583 bits per heavy atom. The van der Waals surface area contributed by atoms with Crippen LogP contribution >= 0.6 is 0 Å². The highest BCUT2D eigenvalue weighted by atomic mass is 16.5. The monoisotopic (exact) mass is 638 g/mol. The Morgan fingerprint density at radius 3 is 1.44 bits per heavy atom. The van der Waals surface area contributed by atoms with Gasteiger partial charge < -0.3 is 25.8 Å². The van der Waals surface area contributed by atoms with Gasteiger partial charge in [-0.3, -0.25) is 5.41 Å². The van der Waals surface area contributed by atoms with Crippen molar-refractivity contribution in [3.05, 3.63) is 172 Å². The number of hydrogen-bond donors (Lipinski definition) is 4. The van der Waals surface area contributed by atoms with E-state index in [0.29, 0.717) is 18.8 Å². The van der Waals surface area contributed by atoms with Gasteiger partial charge in [0.25, 0.3) is 0 Å². The third kappa shape index (κ3) is 10.7. The van der Waals surface area contributed by atoms with Crippen molar-refractivity contribution in [2.75, 3.05) is 0 Å². The summed E-state index contributed by atoms with van der Waals surface area (Å²) in [6.07, 6.45) is 2.12. The van der Waals surface area contributed by atoms with Crippen LogP contribution in [0.3, 0.4) is 0 Å². The maximum atomic E-state index is 7.51. The van der Waals surface area contributed by atoms with Crippen molar-refractivity contribution in [1.82, 2.24) is 10.6 Å². The molecule has 0 spiro atoms. The molecule has 0 fully saturated rings. The van der Waals surface area contributed by atoms with Crippen molar-refractivity contribution in [3.63, 3.8) is 0 Å². The summed E-state index contributed by atoms with van der Waals surface area (Å²) in [7, 11) is 0. The molecule has 0 heterocycles. The molecule has 5 rings (SSSR count). The molecule has 0 amide bonds. The molecule has 6 heteroatoms. The molecule has 0 aromatic heterocycles. The van der Waals surface area contributed by atoms with E-state index in [2.05, 4.69) is 109 Å². The highest BCUT2D eigenvalue weighted by Crippen LogP contribution is 2.22. The third-order valence-corrected chi connectivity index (χ3v) is 8.11. The molecule has 48 heavy (non-hydrogen) atoms. The van der Waals surface area contributed by atoms with Gasteiger partial charge in [-0.15, -0.1) is 0 Å². The predicted octanol–water partition coefficient (Wildman–Crippen LogP) is 8.52. The molecule has 5 N–H and O–H groups in total. The van der Waals surface area contributed by atoms with Crippen LogP contribution in [0, 0.1) is 5.41 Å². The fraction of sp³-hybridized carbons (Fsp3) is 0.214. The second-order valence-electron chi connectivity index (χ2n) is 12.1. The SMILES string of the molecule is C=C(CCC)c1ccc(OCc2cccc(CNCc3ccc(CNCc4cccc(COc5ccc(C(=N)N)cc5)c4)cc3)c2)cc1. The first-order valence-electron chi connectivity index (χ1n) is 16.6. The van der Waals surface area contributed by atoms with Gasteiger partial charge in [-0.1, -0.05) is 105 Å². The van der Waals surface area contributed by atoms with E-state index in [0.717, 1.165) is 61.6 Å². The third-order valence-electron chi connectivity index (χ3n) is 8.11. The van der Waals surface area contributed by atoms with Gasteiger partial charge in [0.15, 0.2) is 0 Å². The molecule has 0 radical (unpaired) electrons. The van der Waals surface area contributed by atoms with Crippen LogP contribution in [-0.4, -0.2) is 5.84 Å². The zero-order valence-corrected chi connectivity index (χ0v) is 27.8. The van der Waals surface area contributed by atoms with E-state index in [4.69, 9.17) is 20.6 Å². The van der Waals surface area contributed by atoms with Crippen LogP contribution < -0.4 is 25.8 Å². The number of allylic oxidation sites excluding steroid dienone is 1. The Balaban J connectivity index is 1.00. The first kappa shape index (κ1) is 34.2. The maximum Gasteiger partial charge on any atom is 0.122 e. The summed E-state index contributed by atoms with van der Waals surface area (Å²) in [6.45, 7) is 10.5. The van der Waals surface area contributed by atoms with Gasteiger partial charge in [0.05, 0.1) is 0 Å². The molecule has 5 aromatic carbocycles. The molecule has 5 aromatic rings. The number of nitrogen functional groups attached to an aromatic ring is 1. The van der Waals surface area contributed by atoms with Gasteiger partial charge in [-0.25, -0.2) is 0 Å². The van der Waals surface area contributed by atoms with Gasteiger partial charge in [-0.05, 0) is 87.3 Å².